The van der Waals surface area contributed by atoms with Gasteiger partial charge in [0.1, 0.15) is 5.58 Å². The fourth-order valence-corrected chi connectivity index (χ4v) is 10.3. The van der Waals surface area contributed by atoms with Crippen molar-refractivity contribution in [2.45, 2.75) is 0 Å². The molecule has 0 spiro atoms. The number of fused-ring (bicyclic) bond motifs is 7. The average Bonchev–Trinajstić information content (AvgIpc) is 3.96. The molecule has 67 heavy (non-hydrogen) atoms. The van der Waals surface area contributed by atoms with Crippen molar-refractivity contribution in [3.8, 4) is 50.2 Å². The Labute approximate surface area is 388 Å². The SMILES string of the molecule is c1ccc(-c2cccc(N(c3ccc(-c4ccc(-c5cccc6ccccc56)cc4)cc3)c3ccccc3-c3cccc4c3c3ccccc3n4-c3cccc4c3oc3ccccc34)c2)cc1. The summed E-state index contributed by atoms with van der Waals surface area (Å²) in [4.78, 5) is 2.42. The molecule has 13 rings (SSSR count). The molecule has 13 aromatic rings. The van der Waals surface area contributed by atoms with Gasteiger partial charge in [-0.3, -0.25) is 0 Å². The molecule has 2 heterocycles. The van der Waals surface area contributed by atoms with Crippen LogP contribution in [0, 0.1) is 0 Å². The van der Waals surface area contributed by atoms with Gasteiger partial charge >= 0.3 is 0 Å². The third-order valence-corrected chi connectivity index (χ3v) is 13.4. The third-order valence-electron chi connectivity index (χ3n) is 13.4. The van der Waals surface area contributed by atoms with Crippen molar-refractivity contribution in [3.05, 3.63) is 255 Å². The summed E-state index contributed by atoms with van der Waals surface area (Å²) in [5.41, 5.74) is 17.7. The summed E-state index contributed by atoms with van der Waals surface area (Å²) < 4.78 is 9.04. The standard InChI is InChI=1S/C64H42N2O/c1-2-16-43(17-3-1)48-20-12-21-50(42-48)65(49-40-38-45(39-41-49)44-34-36-47(37-35-44)52-26-13-19-46-18-4-5-22-51(46)52)58-29-9-6-23-53(58)55-27-14-31-60-63(55)57-25-7-10-30-59(57)66(60)61-32-15-28-56-54-24-8-11-33-62(54)67-64(56)61/h1-42H. The zero-order chi connectivity index (χ0) is 44.3. The van der Waals surface area contributed by atoms with E-state index in [1.165, 1.54) is 43.8 Å². The largest absolute Gasteiger partial charge is 0.454 e. The van der Waals surface area contributed by atoms with Gasteiger partial charge in [0.25, 0.3) is 0 Å². The molecule has 0 fully saturated rings. The van der Waals surface area contributed by atoms with Crippen LogP contribution in [0.25, 0.3) is 105 Å². The molecule has 0 amide bonds. The highest BCUT2D eigenvalue weighted by molar-refractivity contribution is 6.18. The number of nitrogens with zero attached hydrogens (tertiary/aromatic N) is 2. The fourth-order valence-electron chi connectivity index (χ4n) is 10.3. The van der Waals surface area contributed by atoms with E-state index in [1.807, 2.05) is 6.07 Å². The van der Waals surface area contributed by atoms with Gasteiger partial charge in [0.2, 0.25) is 0 Å². The molecule has 0 N–H and O–H groups in total. The highest BCUT2D eigenvalue weighted by Crippen LogP contribution is 2.47. The molecule has 0 radical (unpaired) electrons. The van der Waals surface area contributed by atoms with Crippen LogP contribution >= 0.6 is 0 Å². The van der Waals surface area contributed by atoms with Crippen molar-refractivity contribution in [2.24, 2.45) is 0 Å². The van der Waals surface area contributed by atoms with E-state index in [1.54, 1.807) is 0 Å². The summed E-state index contributed by atoms with van der Waals surface area (Å²) in [6.07, 6.45) is 0. The maximum absolute atomic E-state index is 6.66. The van der Waals surface area contributed by atoms with Crippen LogP contribution in [0.4, 0.5) is 17.1 Å². The van der Waals surface area contributed by atoms with Gasteiger partial charge in [0.05, 0.1) is 22.4 Å². The molecule has 0 saturated heterocycles. The maximum Gasteiger partial charge on any atom is 0.159 e. The van der Waals surface area contributed by atoms with Crippen LogP contribution in [-0.4, -0.2) is 4.57 Å². The molecule has 11 aromatic carbocycles. The third kappa shape index (κ3) is 6.51. The molecule has 0 atom stereocenters. The van der Waals surface area contributed by atoms with Crippen LogP contribution in [0.15, 0.2) is 259 Å². The summed E-state index contributed by atoms with van der Waals surface area (Å²) in [6, 6.07) is 91.9. The van der Waals surface area contributed by atoms with Crippen molar-refractivity contribution in [2.75, 3.05) is 4.90 Å². The lowest BCUT2D eigenvalue weighted by molar-refractivity contribution is 0.666. The van der Waals surface area contributed by atoms with Gasteiger partial charge in [0, 0.05) is 38.5 Å². The smallest absolute Gasteiger partial charge is 0.159 e. The van der Waals surface area contributed by atoms with E-state index in [4.69, 9.17) is 4.42 Å². The number of anilines is 3. The van der Waals surface area contributed by atoms with Gasteiger partial charge in [-0.1, -0.05) is 200 Å². The minimum absolute atomic E-state index is 0.880. The van der Waals surface area contributed by atoms with E-state index in [0.717, 1.165) is 78.0 Å². The fraction of sp³-hybridized carbons (Fsp3) is 0. The van der Waals surface area contributed by atoms with Crippen molar-refractivity contribution in [1.82, 2.24) is 4.57 Å². The van der Waals surface area contributed by atoms with Crippen LogP contribution in [0.1, 0.15) is 0 Å². The second-order valence-electron chi connectivity index (χ2n) is 17.2. The number of aromatic nitrogens is 1. The van der Waals surface area contributed by atoms with E-state index >= 15 is 0 Å². The Bertz CT molecular complexity index is 3970. The molecule has 0 aliphatic carbocycles. The Balaban J connectivity index is 0.964. The number of hydrogen-bond acceptors (Lipinski definition) is 2. The lowest BCUT2D eigenvalue weighted by Gasteiger charge is -2.28. The van der Waals surface area contributed by atoms with E-state index in [2.05, 4.69) is 258 Å². The molecule has 3 nitrogen and oxygen atoms in total. The molecule has 0 bridgehead atoms. The highest BCUT2D eigenvalue weighted by Gasteiger charge is 2.23. The quantitative estimate of drug-likeness (QED) is 0.152. The predicted molar refractivity (Wildman–Crippen MR) is 282 cm³/mol. The topological polar surface area (TPSA) is 21.3 Å². The Morgan fingerprint density at radius 2 is 0.896 bits per heavy atom. The number of hydrogen-bond donors (Lipinski definition) is 0. The van der Waals surface area contributed by atoms with E-state index < -0.39 is 0 Å². The summed E-state index contributed by atoms with van der Waals surface area (Å²) >= 11 is 0. The molecule has 0 unspecified atom stereocenters. The van der Waals surface area contributed by atoms with Crippen LogP contribution in [0.5, 0.6) is 0 Å². The first-order chi connectivity index (χ1) is 33.2. The Morgan fingerprint density at radius 1 is 0.328 bits per heavy atom. The zero-order valence-electron chi connectivity index (χ0n) is 36.6. The molecule has 2 aromatic heterocycles. The summed E-state index contributed by atoms with van der Waals surface area (Å²) in [5, 5.41) is 7.12. The van der Waals surface area contributed by atoms with Crippen LogP contribution in [0.2, 0.25) is 0 Å². The van der Waals surface area contributed by atoms with E-state index in [9.17, 15) is 0 Å². The monoisotopic (exact) mass is 854 g/mol. The molecule has 0 aliphatic heterocycles. The van der Waals surface area contributed by atoms with E-state index in [-0.39, 0.29) is 0 Å². The van der Waals surface area contributed by atoms with Crippen molar-refractivity contribution in [1.29, 1.82) is 0 Å². The number of rotatable bonds is 8. The first-order valence-electron chi connectivity index (χ1n) is 22.9. The molecule has 0 saturated carbocycles. The minimum atomic E-state index is 0.880. The normalized spacial score (nSPS) is 11.6. The highest BCUT2D eigenvalue weighted by atomic mass is 16.3. The summed E-state index contributed by atoms with van der Waals surface area (Å²) in [6.45, 7) is 0. The lowest BCUT2D eigenvalue weighted by Crippen LogP contribution is -2.11. The molecule has 314 valence electrons. The van der Waals surface area contributed by atoms with Gasteiger partial charge < -0.3 is 13.9 Å². The van der Waals surface area contributed by atoms with E-state index in [0.29, 0.717) is 0 Å². The zero-order valence-corrected chi connectivity index (χ0v) is 36.6. The van der Waals surface area contributed by atoms with Crippen LogP contribution in [0.3, 0.4) is 0 Å². The first kappa shape index (κ1) is 38.5. The lowest BCUT2D eigenvalue weighted by atomic mass is 9.95. The number of furan rings is 1. The van der Waals surface area contributed by atoms with Gasteiger partial charge in [-0.25, -0.2) is 0 Å². The van der Waals surface area contributed by atoms with Gasteiger partial charge in [0.15, 0.2) is 5.58 Å². The summed E-state index contributed by atoms with van der Waals surface area (Å²) in [7, 11) is 0. The van der Waals surface area contributed by atoms with Gasteiger partial charge in [-0.15, -0.1) is 0 Å². The molecule has 0 aliphatic rings. The van der Waals surface area contributed by atoms with Crippen LogP contribution in [-0.2, 0) is 0 Å². The Morgan fingerprint density at radius 3 is 1.76 bits per heavy atom. The average molecular weight is 855 g/mol. The minimum Gasteiger partial charge on any atom is -0.454 e. The number of benzene rings is 11. The van der Waals surface area contributed by atoms with Gasteiger partial charge in [-0.05, 0) is 104 Å². The Hall–Kier alpha value is -8.92. The second-order valence-corrected chi connectivity index (χ2v) is 17.2. The molecule has 3 heteroatoms. The molecular formula is C64H42N2O. The van der Waals surface area contributed by atoms with Crippen LogP contribution < -0.4 is 4.90 Å². The first-order valence-corrected chi connectivity index (χ1v) is 22.9. The maximum atomic E-state index is 6.66. The molecular weight excluding hydrogens is 813 g/mol. The van der Waals surface area contributed by atoms with Crippen molar-refractivity contribution < 1.29 is 4.42 Å². The number of para-hydroxylation sites is 4. The van der Waals surface area contributed by atoms with Gasteiger partial charge in [-0.2, -0.15) is 0 Å². The van der Waals surface area contributed by atoms with Crippen molar-refractivity contribution >= 4 is 71.6 Å². The Kier molecular flexibility index (Phi) is 9.17. The van der Waals surface area contributed by atoms with Crippen molar-refractivity contribution in [3.63, 3.8) is 0 Å². The summed E-state index contributed by atoms with van der Waals surface area (Å²) in [5.74, 6) is 0. The second kappa shape index (κ2) is 16.0. The predicted octanol–water partition coefficient (Wildman–Crippen LogP) is 18.0.